The van der Waals surface area contributed by atoms with E-state index < -0.39 is 0 Å². The lowest BCUT2D eigenvalue weighted by atomic mass is 10.1. The predicted octanol–water partition coefficient (Wildman–Crippen LogP) is 3.67. The fourth-order valence-corrected chi connectivity index (χ4v) is 4.04. The molecule has 0 spiro atoms. The van der Waals surface area contributed by atoms with E-state index in [-0.39, 0.29) is 24.0 Å². The zero-order valence-electron chi connectivity index (χ0n) is 18.7. The van der Waals surface area contributed by atoms with Crippen LogP contribution in [0.4, 0.5) is 0 Å². The molecule has 1 aromatic rings. The van der Waals surface area contributed by atoms with Gasteiger partial charge in [0, 0.05) is 45.8 Å². The summed E-state index contributed by atoms with van der Waals surface area (Å²) in [6.45, 7) is 14.2. The molecule has 0 aliphatic carbocycles. The quantitative estimate of drug-likeness (QED) is 0.161. The summed E-state index contributed by atoms with van der Waals surface area (Å²) in [5, 5.41) is 13.2. The highest BCUT2D eigenvalue weighted by Crippen LogP contribution is 2.17. The van der Waals surface area contributed by atoms with Crippen LogP contribution >= 0.6 is 35.7 Å². The summed E-state index contributed by atoms with van der Waals surface area (Å²) >= 11 is 1.67. The maximum atomic E-state index is 5.76. The first-order valence-electron chi connectivity index (χ1n) is 10.7. The summed E-state index contributed by atoms with van der Waals surface area (Å²) in [4.78, 5) is 7.24. The molecule has 168 valence electrons. The topological polar surface area (TPSA) is 67.6 Å². The van der Waals surface area contributed by atoms with Crippen molar-refractivity contribution in [2.45, 2.75) is 71.2 Å². The normalized spacial score (nSPS) is 15.7. The molecule has 7 nitrogen and oxygen atoms in total. The monoisotopic (exact) mass is 538 g/mol. The number of aryl methyl sites for hydroxylation is 1. The van der Waals surface area contributed by atoms with E-state index in [0.29, 0.717) is 12.0 Å². The zero-order chi connectivity index (χ0) is 20.4. The van der Waals surface area contributed by atoms with Crippen LogP contribution in [0.1, 0.15) is 52.8 Å². The summed E-state index contributed by atoms with van der Waals surface area (Å²) in [5.74, 6) is 2.69. The van der Waals surface area contributed by atoms with Gasteiger partial charge in [-0.2, -0.15) is 0 Å². The van der Waals surface area contributed by atoms with E-state index in [1.54, 1.807) is 11.8 Å². The summed E-state index contributed by atoms with van der Waals surface area (Å²) in [7, 11) is 0. The maximum Gasteiger partial charge on any atom is 0.193 e. The molecule has 1 aromatic heterocycles. The number of ether oxygens (including phenoxy) is 1. The van der Waals surface area contributed by atoms with Gasteiger partial charge in [-0.1, -0.05) is 25.6 Å². The van der Waals surface area contributed by atoms with E-state index in [1.807, 2.05) is 0 Å². The largest absolute Gasteiger partial charge is 0.378 e. The van der Waals surface area contributed by atoms with Gasteiger partial charge in [-0.05, 0) is 45.3 Å². The molecule has 2 rings (SSSR count). The van der Waals surface area contributed by atoms with Crippen molar-refractivity contribution in [3.05, 3.63) is 5.82 Å². The van der Waals surface area contributed by atoms with Crippen molar-refractivity contribution in [3.8, 4) is 0 Å². The Bertz CT molecular complexity index is 602. The number of nitrogens with one attached hydrogen (secondary N) is 1. The molecule has 0 atom stereocenters. The van der Waals surface area contributed by atoms with Gasteiger partial charge in [0.2, 0.25) is 0 Å². The van der Waals surface area contributed by atoms with Crippen LogP contribution in [0.15, 0.2) is 10.1 Å². The molecular formula is C20H39IN6OS. The van der Waals surface area contributed by atoms with Crippen molar-refractivity contribution in [1.82, 2.24) is 25.0 Å². The van der Waals surface area contributed by atoms with Gasteiger partial charge >= 0.3 is 0 Å². The molecule has 2 heterocycles. The number of thioether (sulfide) groups is 1. The highest BCUT2D eigenvalue weighted by Gasteiger charge is 2.21. The lowest BCUT2D eigenvalue weighted by Crippen LogP contribution is -2.47. The van der Waals surface area contributed by atoms with Crippen molar-refractivity contribution in [2.75, 3.05) is 39.0 Å². The van der Waals surface area contributed by atoms with E-state index >= 15 is 0 Å². The molecule has 1 N–H and O–H groups in total. The Morgan fingerprint density at radius 3 is 2.59 bits per heavy atom. The third-order valence-corrected chi connectivity index (χ3v) is 5.49. The van der Waals surface area contributed by atoms with E-state index in [1.165, 1.54) is 0 Å². The van der Waals surface area contributed by atoms with Crippen molar-refractivity contribution < 1.29 is 4.74 Å². The van der Waals surface area contributed by atoms with Crippen LogP contribution in [0.5, 0.6) is 0 Å². The highest BCUT2D eigenvalue weighted by atomic mass is 127. The van der Waals surface area contributed by atoms with Crippen molar-refractivity contribution in [2.24, 2.45) is 10.9 Å². The van der Waals surface area contributed by atoms with Gasteiger partial charge in [-0.3, -0.25) is 4.99 Å². The minimum Gasteiger partial charge on any atom is -0.378 e. The Morgan fingerprint density at radius 2 is 2.00 bits per heavy atom. The second kappa shape index (κ2) is 14.5. The SMILES string of the molecule is CCNC(=NCCCc1nnc(SC)n1CC(C)C)N1CCC(OCC)CC1.I. The molecule has 1 fully saturated rings. The molecule has 1 aliphatic heterocycles. The molecule has 0 amide bonds. The van der Waals surface area contributed by atoms with Gasteiger partial charge in [0.1, 0.15) is 5.82 Å². The van der Waals surface area contributed by atoms with Gasteiger partial charge in [0.25, 0.3) is 0 Å². The molecule has 0 unspecified atom stereocenters. The molecule has 1 aliphatic rings. The summed E-state index contributed by atoms with van der Waals surface area (Å²) in [6, 6.07) is 0. The maximum absolute atomic E-state index is 5.76. The fraction of sp³-hybridized carbons (Fsp3) is 0.850. The number of aliphatic imine (C=N–C) groups is 1. The van der Waals surface area contributed by atoms with E-state index in [9.17, 15) is 0 Å². The number of guanidine groups is 1. The Morgan fingerprint density at radius 1 is 1.28 bits per heavy atom. The van der Waals surface area contributed by atoms with Crippen molar-refractivity contribution in [3.63, 3.8) is 0 Å². The first-order chi connectivity index (χ1) is 13.6. The first kappa shape index (κ1) is 26.5. The third kappa shape index (κ3) is 8.61. The Balaban J connectivity index is 0.00000420. The van der Waals surface area contributed by atoms with Crippen LogP contribution in [-0.2, 0) is 17.7 Å². The smallest absolute Gasteiger partial charge is 0.193 e. The number of hydrogen-bond acceptors (Lipinski definition) is 5. The van der Waals surface area contributed by atoms with Crippen LogP contribution in [0.2, 0.25) is 0 Å². The van der Waals surface area contributed by atoms with Crippen LogP contribution < -0.4 is 5.32 Å². The predicted molar refractivity (Wildman–Crippen MR) is 133 cm³/mol. The van der Waals surface area contributed by atoms with Crippen LogP contribution in [-0.4, -0.2) is 70.8 Å². The number of hydrogen-bond donors (Lipinski definition) is 1. The summed E-state index contributed by atoms with van der Waals surface area (Å²) in [6.07, 6.45) is 6.51. The molecule has 0 aromatic carbocycles. The standard InChI is InChI=1S/C20H38N6OS.HI/c1-6-21-19(25-13-10-17(11-14-25)27-7-2)22-12-8-9-18-23-24-20(28-5)26(18)15-16(3)4;/h16-17H,6-15H2,1-5H3,(H,21,22);1H. The van der Waals surface area contributed by atoms with Gasteiger partial charge in [0.15, 0.2) is 11.1 Å². The molecule has 29 heavy (non-hydrogen) atoms. The number of likely N-dealkylation sites (tertiary alicyclic amines) is 1. The number of halogens is 1. The van der Waals surface area contributed by atoms with Gasteiger partial charge in [-0.15, -0.1) is 34.2 Å². The van der Waals surface area contributed by atoms with Crippen LogP contribution in [0.3, 0.4) is 0 Å². The van der Waals surface area contributed by atoms with E-state index in [4.69, 9.17) is 9.73 Å². The number of aromatic nitrogens is 3. The Hall–Kier alpha value is -0.550. The average Bonchev–Trinajstić information content (AvgIpc) is 3.06. The van der Waals surface area contributed by atoms with Crippen LogP contribution in [0.25, 0.3) is 0 Å². The Labute approximate surface area is 197 Å². The fourth-order valence-electron chi connectivity index (χ4n) is 3.52. The molecule has 9 heteroatoms. The van der Waals surface area contributed by atoms with Crippen LogP contribution in [0, 0.1) is 5.92 Å². The second-order valence-electron chi connectivity index (χ2n) is 7.59. The summed E-state index contributed by atoms with van der Waals surface area (Å²) in [5.41, 5.74) is 0. The molecule has 1 saturated heterocycles. The van der Waals surface area contributed by atoms with E-state index in [2.05, 4.69) is 58.9 Å². The minimum absolute atomic E-state index is 0. The molecular weight excluding hydrogens is 499 g/mol. The van der Waals surface area contributed by atoms with Gasteiger partial charge in [0.05, 0.1) is 6.10 Å². The van der Waals surface area contributed by atoms with Gasteiger partial charge in [-0.25, -0.2) is 0 Å². The molecule has 0 saturated carbocycles. The lowest BCUT2D eigenvalue weighted by Gasteiger charge is -2.34. The van der Waals surface area contributed by atoms with Gasteiger partial charge < -0.3 is 19.5 Å². The lowest BCUT2D eigenvalue weighted by molar-refractivity contribution is 0.0264. The number of nitrogens with zero attached hydrogens (tertiary/aromatic N) is 5. The number of piperidine rings is 1. The Kier molecular flexibility index (Phi) is 13.2. The van der Waals surface area contributed by atoms with Crippen molar-refractivity contribution in [1.29, 1.82) is 0 Å². The second-order valence-corrected chi connectivity index (χ2v) is 8.36. The van der Waals surface area contributed by atoms with Crippen molar-refractivity contribution >= 4 is 41.7 Å². The summed E-state index contributed by atoms with van der Waals surface area (Å²) < 4.78 is 8.03. The molecule has 0 bridgehead atoms. The third-order valence-electron chi connectivity index (χ3n) is 4.82. The first-order valence-corrected chi connectivity index (χ1v) is 11.9. The zero-order valence-corrected chi connectivity index (χ0v) is 21.8. The molecule has 0 radical (unpaired) electrons. The average molecular weight is 539 g/mol. The number of rotatable bonds is 10. The minimum atomic E-state index is 0. The van der Waals surface area contributed by atoms with E-state index in [0.717, 1.165) is 82.0 Å². The highest BCUT2D eigenvalue weighted by molar-refractivity contribution is 14.0.